The van der Waals surface area contributed by atoms with E-state index < -0.39 is 17.7 Å². The van der Waals surface area contributed by atoms with Crippen LogP contribution in [-0.4, -0.2) is 29.9 Å². The third-order valence-corrected chi connectivity index (χ3v) is 3.39. The van der Waals surface area contributed by atoms with Crippen molar-refractivity contribution in [2.24, 2.45) is 0 Å². The number of nitrogens with zero attached hydrogens (tertiary/aromatic N) is 1. The average Bonchev–Trinajstić information content (AvgIpc) is 2.63. The van der Waals surface area contributed by atoms with Crippen LogP contribution in [0.3, 0.4) is 0 Å². The third-order valence-electron chi connectivity index (χ3n) is 2.27. The minimum atomic E-state index is -0.585. The molecule has 0 fully saturated rings. The van der Waals surface area contributed by atoms with Crippen LogP contribution in [0.5, 0.6) is 0 Å². The zero-order valence-electron chi connectivity index (χ0n) is 11.4. The number of carbonyl (C=O) groups excluding carboxylic acids is 2. The fourth-order valence-corrected chi connectivity index (χ4v) is 2.40. The molecule has 0 saturated carbocycles. The van der Waals surface area contributed by atoms with Gasteiger partial charge in [0.1, 0.15) is 17.9 Å². The Hall–Kier alpha value is -1.36. The maximum absolute atomic E-state index is 11.9. The number of carbonyl (C=O) groups is 2. The summed E-state index contributed by atoms with van der Waals surface area (Å²) in [6, 6.07) is 1.32. The van der Waals surface area contributed by atoms with E-state index in [-0.39, 0.29) is 0 Å². The van der Waals surface area contributed by atoms with Gasteiger partial charge in [-0.05, 0) is 44.7 Å². The molecule has 0 bridgehead atoms. The van der Waals surface area contributed by atoms with Crippen molar-refractivity contribution in [3.8, 4) is 0 Å². The quantitative estimate of drug-likeness (QED) is 0.792. The number of rotatable bonds is 3. The van der Waals surface area contributed by atoms with Crippen molar-refractivity contribution in [1.29, 1.82) is 0 Å². The highest BCUT2D eigenvalue weighted by atomic mass is 32.1. The first-order valence-electron chi connectivity index (χ1n) is 5.70. The lowest BCUT2D eigenvalue weighted by Gasteiger charge is -2.27. The SMILES string of the molecule is Cc1csc(C(C=O)N(C)C(=O)OC(C)(C)C)c1. The van der Waals surface area contributed by atoms with Gasteiger partial charge in [-0.15, -0.1) is 11.3 Å². The molecule has 0 saturated heterocycles. The lowest BCUT2D eigenvalue weighted by Crippen LogP contribution is -2.37. The van der Waals surface area contributed by atoms with Crippen molar-refractivity contribution < 1.29 is 14.3 Å². The highest BCUT2D eigenvalue weighted by molar-refractivity contribution is 7.10. The topological polar surface area (TPSA) is 46.6 Å². The monoisotopic (exact) mass is 269 g/mol. The summed E-state index contributed by atoms with van der Waals surface area (Å²) in [5.41, 5.74) is 0.517. The molecule has 0 radical (unpaired) electrons. The number of likely N-dealkylation sites (N-methyl/N-ethyl adjacent to an activating group) is 1. The number of amides is 1. The van der Waals surface area contributed by atoms with Crippen LogP contribution in [-0.2, 0) is 9.53 Å². The van der Waals surface area contributed by atoms with Gasteiger partial charge in [0.15, 0.2) is 0 Å². The summed E-state index contributed by atoms with van der Waals surface area (Å²) < 4.78 is 5.24. The maximum Gasteiger partial charge on any atom is 0.410 e. The van der Waals surface area contributed by atoms with Crippen LogP contribution in [0.1, 0.15) is 37.3 Å². The Morgan fingerprint density at radius 3 is 2.50 bits per heavy atom. The zero-order valence-corrected chi connectivity index (χ0v) is 12.2. The fourth-order valence-electron chi connectivity index (χ4n) is 1.41. The van der Waals surface area contributed by atoms with Crippen molar-refractivity contribution in [3.63, 3.8) is 0 Å². The molecule has 0 spiro atoms. The summed E-state index contributed by atoms with van der Waals surface area (Å²) >= 11 is 1.47. The van der Waals surface area contributed by atoms with Crippen molar-refractivity contribution in [2.75, 3.05) is 7.05 Å². The van der Waals surface area contributed by atoms with Crippen LogP contribution in [0.4, 0.5) is 4.79 Å². The van der Waals surface area contributed by atoms with Gasteiger partial charge in [0.05, 0.1) is 0 Å². The molecule has 1 unspecified atom stereocenters. The average molecular weight is 269 g/mol. The molecule has 0 aliphatic rings. The number of ether oxygens (including phenoxy) is 1. The molecule has 1 heterocycles. The number of thiophene rings is 1. The normalized spacial score (nSPS) is 12.9. The molecular formula is C13H19NO3S. The molecular weight excluding hydrogens is 250 g/mol. The van der Waals surface area contributed by atoms with E-state index in [0.29, 0.717) is 0 Å². The Kier molecular flexibility index (Phi) is 4.51. The summed E-state index contributed by atoms with van der Waals surface area (Å²) in [7, 11) is 1.57. The molecule has 18 heavy (non-hydrogen) atoms. The predicted octanol–water partition coefficient (Wildman–Crippen LogP) is 3.16. The van der Waals surface area contributed by atoms with E-state index in [9.17, 15) is 9.59 Å². The summed E-state index contributed by atoms with van der Waals surface area (Å²) in [6.07, 6.45) is 0.264. The van der Waals surface area contributed by atoms with Gasteiger partial charge in [0, 0.05) is 11.9 Å². The van der Waals surface area contributed by atoms with E-state index >= 15 is 0 Å². The smallest absolute Gasteiger partial charge is 0.410 e. The van der Waals surface area contributed by atoms with E-state index in [1.54, 1.807) is 27.8 Å². The first-order valence-corrected chi connectivity index (χ1v) is 6.58. The molecule has 0 aromatic carbocycles. The third kappa shape index (κ3) is 3.84. The predicted molar refractivity (Wildman–Crippen MR) is 71.9 cm³/mol. The number of hydrogen-bond donors (Lipinski definition) is 0. The Balaban J connectivity index is 2.83. The number of hydrogen-bond acceptors (Lipinski definition) is 4. The first kappa shape index (κ1) is 14.7. The second-order valence-corrected chi connectivity index (χ2v) is 6.14. The molecule has 1 aromatic rings. The van der Waals surface area contributed by atoms with Gasteiger partial charge in [-0.25, -0.2) is 4.79 Å². The number of aldehydes is 1. The second-order valence-electron chi connectivity index (χ2n) is 5.20. The van der Waals surface area contributed by atoms with Gasteiger partial charge in [-0.3, -0.25) is 4.90 Å². The molecule has 1 amide bonds. The molecule has 1 rings (SSSR count). The van der Waals surface area contributed by atoms with Gasteiger partial charge in [0.2, 0.25) is 0 Å². The van der Waals surface area contributed by atoms with Crippen molar-refractivity contribution in [3.05, 3.63) is 21.9 Å². The summed E-state index contributed by atoms with van der Waals surface area (Å²) in [5, 5.41) is 1.95. The molecule has 0 N–H and O–H groups in total. The summed E-state index contributed by atoms with van der Waals surface area (Å²) in [6.45, 7) is 7.34. The first-order chi connectivity index (χ1) is 8.24. The summed E-state index contributed by atoms with van der Waals surface area (Å²) in [5.74, 6) is 0. The lowest BCUT2D eigenvalue weighted by molar-refractivity contribution is -0.112. The maximum atomic E-state index is 11.9. The van der Waals surface area contributed by atoms with E-state index in [0.717, 1.165) is 16.7 Å². The lowest BCUT2D eigenvalue weighted by atomic mass is 10.2. The second kappa shape index (κ2) is 5.52. The van der Waals surface area contributed by atoms with Gasteiger partial charge in [0.25, 0.3) is 0 Å². The van der Waals surface area contributed by atoms with E-state index in [1.807, 2.05) is 18.4 Å². The van der Waals surface area contributed by atoms with Crippen LogP contribution in [0.15, 0.2) is 11.4 Å². The highest BCUT2D eigenvalue weighted by Gasteiger charge is 2.26. The standard InChI is InChI=1S/C13H19NO3S/c1-9-6-11(18-8-9)10(7-15)14(5)12(16)17-13(2,3)4/h6-8,10H,1-5H3. The molecule has 1 aromatic heterocycles. The Bertz CT molecular complexity index is 434. The van der Waals surface area contributed by atoms with Crippen LogP contribution in [0.2, 0.25) is 0 Å². The molecule has 1 atom stereocenters. The fraction of sp³-hybridized carbons (Fsp3) is 0.538. The van der Waals surface area contributed by atoms with E-state index in [4.69, 9.17) is 4.74 Å². The molecule has 4 nitrogen and oxygen atoms in total. The van der Waals surface area contributed by atoms with E-state index in [1.165, 1.54) is 16.2 Å². The van der Waals surface area contributed by atoms with Gasteiger partial charge >= 0.3 is 6.09 Å². The molecule has 0 aliphatic carbocycles. The Morgan fingerprint density at radius 2 is 2.11 bits per heavy atom. The summed E-state index contributed by atoms with van der Waals surface area (Å²) in [4.78, 5) is 25.2. The minimum Gasteiger partial charge on any atom is -0.444 e. The van der Waals surface area contributed by atoms with E-state index in [2.05, 4.69) is 0 Å². The minimum absolute atomic E-state index is 0.495. The highest BCUT2D eigenvalue weighted by Crippen LogP contribution is 2.25. The van der Waals surface area contributed by atoms with Crippen molar-refractivity contribution in [1.82, 2.24) is 4.90 Å². The molecule has 0 aliphatic heterocycles. The van der Waals surface area contributed by atoms with Gasteiger partial charge in [-0.2, -0.15) is 0 Å². The number of aryl methyl sites for hydroxylation is 1. The van der Waals surface area contributed by atoms with Crippen LogP contribution in [0.25, 0.3) is 0 Å². The zero-order chi connectivity index (χ0) is 13.9. The molecule has 100 valence electrons. The van der Waals surface area contributed by atoms with Crippen LogP contribution >= 0.6 is 11.3 Å². The van der Waals surface area contributed by atoms with Crippen molar-refractivity contribution in [2.45, 2.75) is 39.3 Å². The van der Waals surface area contributed by atoms with Gasteiger partial charge < -0.3 is 9.53 Å². The van der Waals surface area contributed by atoms with Crippen molar-refractivity contribution >= 4 is 23.7 Å². The Morgan fingerprint density at radius 1 is 1.50 bits per heavy atom. The van der Waals surface area contributed by atoms with Crippen LogP contribution < -0.4 is 0 Å². The molecule has 5 heteroatoms. The van der Waals surface area contributed by atoms with Gasteiger partial charge in [-0.1, -0.05) is 0 Å². The Labute approximate surface area is 112 Å². The van der Waals surface area contributed by atoms with Crippen LogP contribution in [0, 0.1) is 6.92 Å². The largest absolute Gasteiger partial charge is 0.444 e.